The lowest BCUT2D eigenvalue weighted by Crippen LogP contribution is -2.06. The standard InChI is InChI=1S/C13H12ClNO3S2/c1-8-6-19-13(15-8)20(16,17)7-10-5-11(14)4-9-2-3-18-12(9)10/h4-6H,2-3,7H2,1H3. The van der Waals surface area contributed by atoms with Gasteiger partial charge in [-0.3, -0.25) is 0 Å². The molecule has 4 nitrogen and oxygen atoms in total. The fourth-order valence-corrected chi connectivity index (χ4v) is 4.92. The molecule has 0 amide bonds. The molecule has 2 aromatic rings. The molecule has 0 N–H and O–H groups in total. The summed E-state index contributed by atoms with van der Waals surface area (Å²) < 4.78 is 30.4. The van der Waals surface area contributed by atoms with Gasteiger partial charge in [0.05, 0.1) is 12.4 Å². The number of thiazole rings is 1. The van der Waals surface area contributed by atoms with Crippen LogP contribution < -0.4 is 4.74 Å². The Morgan fingerprint density at radius 3 is 2.95 bits per heavy atom. The van der Waals surface area contributed by atoms with Crippen LogP contribution >= 0.6 is 22.9 Å². The Kier molecular flexibility index (Phi) is 3.48. The van der Waals surface area contributed by atoms with E-state index in [1.807, 2.05) is 6.07 Å². The number of fused-ring (bicyclic) bond motifs is 1. The molecule has 0 radical (unpaired) electrons. The number of sulfone groups is 1. The summed E-state index contributed by atoms with van der Waals surface area (Å²) >= 11 is 7.18. The smallest absolute Gasteiger partial charge is 0.209 e. The van der Waals surface area contributed by atoms with E-state index in [0.717, 1.165) is 23.3 Å². The number of aryl methyl sites for hydroxylation is 1. The molecule has 0 aliphatic carbocycles. The number of aromatic nitrogens is 1. The highest BCUT2D eigenvalue weighted by atomic mass is 35.5. The van der Waals surface area contributed by atoms with Gasteiger partial charge in [-0.2, -0.15) is 0 Å². The van der Waals surface area contributed by atoms with E-state index in [4.69, 9.17) is 16.3 Å². The zero-order valence-electron chi connectivity index (χ0n) is 10.7. The third-order valence-corrected chi connectivity index (χ3v) is 6.37. The Bertz CT molecular complexity index is 768. The van der Waals surface area contributed by atoms with Gasteiger partial charge in [0.15, 0.2) is 0 Å². The Balaban J connectivity index is 2.00. The zero-order valence-corrected chi connectivity index (χ0v) is 13.1. The van der Waals surface area contributed by atoms with Crippen molar-refractivity contribution < 1.29 is 13.2 Å². The Hall–Kier alpha value is -1.11. The lowest BCUT2D eigenvalue weighted by Gasteiger charge is -2.08. The molecule has 0 atom stereocenters. The van der Waals surface area contributed by atoms with E-state index in [2.05, 4.69) is 4.98 Å². The zero-order chi connectivity index (χ0) is 14.3. The lowest BCUT2D eigenvalue weighted by molar-refractivity contribution is 0.354. The van der Waals surface area contributed by atoms with Crippen molar-refractivity contribution in [2.45, 2.75) is 23.4 Å². The summed E-state index contributed by atoms with van der Waals surface area (Å²) in [6.07, 6.45) is 0.763. The van der Waals surface area contributed by atoms with Crippen molar-refractivity contribution in [3.63, 3.8) is 0 Å². The van der Waals surface area contributed by atoms with Gasteiger partial charge in [0.1, 0.15) is 5.75 Å². The van der Waals surface area contributed by atoms with Gasteiger partial charge in [-0.25, -0.2) is 13.4 Å². The van der Waals surface area contributed by atoms with Gasteiger partial charge < -0.3 is 4.74 Å². The molecule has 0 unspecified atom stereocenters. The summed E-state index contributed by atoms with van der Waals surface area (Å²) in [5, 5.41) is 2.26. The summed E-state index contributed by atoms with van der Waals surface area (Å²) in [6.45, 7) is 2.34. The molecule has 1 aliphatic heterocycles. The summed E-state index contributed by atoms with van der Waals surface area (Å²) in [5.41, 5.74) is 2.29. The second-order valence-corrected chi connectivity index (χ2v) is 8.12. The first kappa shape index (κ1) is 13.9. The van der Waals surface area contributed by atoms with Crippen molar-refractivity contribution in [2.75, 3.05) is 6.61 Å². The van der Waals surface area contributed by atoms with Crippen LogP contribution in [0, 0.1) is 6.92 Å². The van der Waals surface area contributed by atoms with Crippen LogP contribution in [0.25, 0.3) is 0 Å². The SMILES string of the molecule is Cc1csc(S(=O)(=O)Cc2cc(Cl)cc3c2OCC3)n1. The summed E-state index contributed by atoms with van der Waals surface area (Å²) in [7, 11) is -3.46. The topological polar surface area (TPSA) is 56.3 Å². The first-order chi connectivity index (χ1) is 9.45. The average molecular weight is 330 g/mol. The quantitative estimate of drug-likeness (QED) is 0.868. The molecule has 2 heterocycles. The first-order valence-electron chi connectivity index (χ1n) is 6.05. The third kappa shape index (κ3) is 2.55. The van der Waals surface area contributed by atoms with Crippen LogP contribution in [-0.4, -0.2) is 20.0 Å². The number of benzene rings is 1. The molecule has 0 saturated carbocycles. The highest BCUT2D eigenvalue weighted by Crippen LogP contribution is 2.35. The van der Waals surface area contributed by atoms with E-state index in [9.17, 15) is 8.42 Å². The van der Waals surface area contributed by atoms with Gasteiger partial charge in [0.2, 0.25) is 14.2 Å². The highest BCUT2D eigenvalue weighted by Gasteiger charge is 2.25. The summed E-state index contributed by atoms with van der Waals surface area (Å²) in [5.74, 6) is 0.523. The van der Waals surface area contributed by atoms with Gasteiger partial charge in [-0.15, -0.1) is 11.3 Å². The number of hydrogen-bond acceptors (Lipinski definition) is 5. The average Bonchev–Trinajstić information content (AvgIpc) is 2.97. The maximum atomic E-state index is 12.4. The summed E-state index contributed by atoms with van der Waals surface area (Å²) in [6, 6.07) is 3.48. The maximum Gasteiger partial charge on any atom is 0.209 e. The fourth-order valence-electron chi connectivity index (χ4n) is 2.19. The number of hydrogen-bond donors (Lipinski definition) is 0. The predicted octanol–water partition coefficient (Wildman–Crippen LogP) is 3.01. The molecule has 0 fully saturated rings. The Labute approximate surface area is 126 Å². The highest BCUT2D eigenvalue weighted by molar-refractivity contribution is 7.92. The van der Waals surface area contributed by atoms with E-state index in [0.29, 0.717) is 28.6 Å². The van der Waals surface area contributed by atoms with Crippen molar-refractivity contribution in [2.24, 2.45) is 0 Å². The molecule has 20 heavy (non-hydrogen) atoms. The molecule has 0 spiro atoms. The molecule has 0 saturated heterocycles. The van der Waals surface area contributed by atoms with Gasteiger partial charge in [0, 0.05) is 28.1 Å². The van der Waals surface area contributed by atoms with Crippen LogP contribution in [0.5, 0.6) is 5.75 Å². The molecule has 1 aliphatic rings. The second-order valence-electron chi connectivity index (χ2n) is 4.67. The van der Waals surface area contributed by atoms with Crippen LogP contribution in [0.4, 0.5) is 0 Å². The van der Waals surface area contributed by atoms with E-state index >= 15 is 0 Å². The van der Waals surface area contributed by atoms with Crippen molar-refractivity contribution in [3.8, 4) is 5.75 Å². The molecule has 1 aromatic carbocycles. The van der Waals surface area contributed by atoms with Gasteiger partial charge >= 0.3 is 0 Å². The van der Waals surface area contributed by atoms with E-state index in [1.165, 1.54) is 0 Å². The van der Waals surface area contributed by atoms with E-state index in [1.54, 1.807) is 18.4 Å². The van der Waals surface area contributed by atoms with Gasteiger partial charge in [-0.1, -0.05) is 11.6 Å². The molecule has 0 bridgehead atoms. The van der Waals surface area contributed by atoms with Crippen LogP contribution in [0.1, 0.15) is 16.8 Å². The number of halogens is 1. The first-order valence-corrected chi connectivity index (χ1v) is 8.96. The number of ether oxygens (including phenoxy) is 1. The molecule has 1 aromatic heterocycles. The lowest BCUT2D eigenvalue weighted by atomic mass is 10.1. The van der Waals surface area contributed by atoms with E-state index < -0.39 is 9.84 Å². The molecule has 3 rings (SSSR count). The number of nitrogens with zero attached hydrogens (tertiary/aromatic N) is 1. The molecule has 106 valence electrons. The Morgan fingerprint density at radius 2 is 2.25 bits per heavy atom. The van der Waals surface area contributed by atoms with Crippen molar-refractivity contribution in [1.29, 1.82) is 0 Å². The fraction of sp³-hybridized carbons (Fsp3) is 0.308. The minimum Gasteiger partial charge on any atom is -0.493 e. The van der Waals surface area contributed by atoms with Gasteiger partial charge in [0.25, 0.3) is 0 Å². The molecule has 7 heteroatoms. The van der Waals surface area contributed by atoms with Crippen LogP contribution in [-0.2, 0) is 22.0 Å². The Morgan fingerprint density at radius 1 is 1.45 bits per heavy atom. The van der Waals surface area contributed by atoms with Gasteiger partial charge in [-0.05, 0) is 24.6 Å². The molecular weight excluding hydrogens is 318 g/mol. The normalized spacial score (nSPS) is 14.1. The maximum absolute atomic E-state index is 12.4. The largest absolute Gasteiger partial charge is 0.493 e. The predicted molar refractivity (Wildman–Crippen MR) is 78.4 cm³/mol. The van der Waals surface area contributed by atoms with E-state index in [-0.39, 0.29) is 10.1 Å². The third-order valence-electron chi connectivity index (χ3n) is 3.03. The minimum atomic E-state index is -3.46. The monoisotopic (exact) mass is 329 g/mol. The van der Waals surface area contributed by atoms with Crippen molar-refractivity contribution in [1.82, 2.24) is 4.98 Å². The number of rotatable bonds is 3. The minimum absolute atomic E-state index is 0.136. The van der Waals surface area contributed by atoms with Crippen LogP contribution in [0.15, 0.2) is 21.9 Å². The molecular formula is C13H12ClNO3S2. The van der Waals surface area contributed by atoms with Crippen molar-refractivity contribution >= 4 is 32.8 Å². The van der Waals surface area contributed by atoms with Crippen LogP contribution in [0.2, 0.25) is 5.02 Å². The second kappa shape index (κ2) is 5.02. The van der Waals surface area contributed by atoms with Crippen molar-refractivity contribution in [3.05, 3.63) is 39.4 Å². The van der Waals surface area contributed by atoms with Crippen LogP contribution in [0.3, 0.4) is 0 Å². The summed E-state index contributed by atoms with van der Waals surface area (Å²) in [4.78, 5) is 4.05.